The molecule has 10 nitrogen and oxygen atoms in total. The Morgan fingerprint density at radius 3 is 2.15 bits per heavy atom. The first-order chi connectivity index (χ1) is 12.4. The standard InChI is InChI=1S/C16H11N5O5/c1-9-15(19-18-10-2-4-11(5-3-10)20(23)24)16(22)13-8-12(21(25)26)6-7-14(13)17-9/h2-8H,1H3,(H,17,22). The van der Waals surface area contributed by atoms with Crippen molar-refractivity contribution >= 4 is 33.7 Å². The molecule has 1 N–H and O–H groups in total. The van der Waals surface area contributed by atoms with Crippen LogP contribution in [0.3, 0.4) is 0 Å². The molecular formula is C16H11N5O5. The van der Waals surface area contributed by atoms with Crippen molar-refractivity contribution in [3.63, 3.8) is 0 Å². The number of aromatic nitrogens is 1. The van der Waals surface area contributed by atoms with Crippen LogP contribution in [-0.2, 0) is 0 Å². The van der Waals surface area contributed by atoms with Gasteiger partial charge in [-0.25, -0.2) is 0 Å². The lowest BCUT2D eigenvalue weighted by atomic mass is 10.1. The molecule has 0 spiro atoms. The molecule has 26 heavy (non-hydrogen) atoms. The van der Waals surface area contributed by atoms with E-state index in [-0.39, 0.29) is 22.4 Å². The summed E-state index contributed by atoms with van der Waals surface area (Å²) < 4.78 is 0. The number of pyridine rings is 1. The van der Waals surface area contributed by atoms with Crippen LogP contribution in [0.15, 0.2) is 57.5 Å². The maximum absolute atomic E-state index is 12.6. The number of hydrogen-bond acceptors (Lipinski definition) is 7. The molecule has 1 heterocycles. The number of nitro benzene ring substituents is 2. The average molecular weight is 353 g/mol. The van der Waals surface area contributed by atoms with Crippen LogP contribution in [0.2, 0.25) is 0 Å². The maximum atomic E-state index is 12.6. The summed E-state index contributed by atoms with van der Waals surface area (Å²) in [5.74, 6) is 0. The van der Waals surface area contributed by atoms with Gasteiger partial charge in [0.2, 0.25) is 5.43 Å². The monoisotopic (exact) mass is 353 g/mol. The van der Waals surface area contributed by atoms with E-state index in [0.29, 0.717) is 16.9 Å². The van der Waals surface area contributed by atoms with Gasteiger partial charge in [-0.15, -0.1) is 5.11 Å². The summed E-state index contributed by atoms with van der Waals surface area (Å²) >= 11 is 0. The predicted molar refractivity (Wildman–Crippen MR) is 93.2 cm³/mol. The van der Waals surface area contributed by atoms with Crippen LogP contribution in [0.4, 0.5) is 22.7 Å². The Morgan fingerprint density at radius 1 is 0.923 bits per heavy atom. The Hall–Kier alpha value is -3.95. The Labute approximate surface area is 145 Å². The third-order valence-electron chi connectivity index (χ3n) is 3.68. The zero-order chi connectivity index (χ0) is 18.8. The number of nitrogens with zero attached hydrogens (tertiary/aromatic N) is 4. The Bertz CT molecular complexity index is 1120. The number of benzene rings is 2. The molecule has 0 amide bonds. The lowest BCUT2D eigenvalue weighted by Crippen LogP contribution is -2.05. The van der Waals surface area contributed by atoms with E-state index in [1.54, 1.807) is 6.92 Å². The highest BCUT2D eigenvalue weighted by molar-refractivity contribution is 5.84. The molecular weight excluding hydrogens is 342 g/mol. The van der Waals surface area contributed by atoms with Crippen molar-refractivity contribution in [2.45, 2.75) is 6.92 Å². The molecule has 0 saturated carbocycles. The summed E-state index contributed by atoms with van der Waals surface area (Å²) in [4.78, 5) is 36.0. The number of fused-ring (bicyclic) bond motifs is 1. The number of rotatable bonds is 4. The minimum Gasteiger partial charge on any atom is -0.357 e. The molecule has 0 aliphatic rings. The van der Waals surface area contributed by atoms with Gasteiger partial charge < -0.3 is 4.98 Å². The molecule has 0 bridgehead atoms. The maximum Gasteiger partial charge on any atom is 0.270 e. The van der Waals surface area contributed by atoms with E-state index in [1.165, 1.54) is 42.5 Å². The van der Waals surface area contributed by atoms with E-state index < -0.39 is 15.3 Å². The minimum absolute atomic E-state index is 0.0105. The van der Waals surface area contributed by atoms with Crippen LogP contribution in [0, 0.1) is 27.2 Å². The van der Waals surface area contributed by atoms with Gasteiger partial charge in [-0.3, -0.25) is 25.0 Å². The molecule has 0 aliphatic carbocycles. The summed E-state index contributed by atoms with van der Waals surface area (Å²) in [5.41, 5.74) is 0.450. The van der Waals surface area contributed by atoms with Crippen molar-refractivity contribution in [1.82, 2.24) is 4.98 Å². The van der Waals surface area contributed by atoms with Gasteiger partial charge in [0, 0.05) is 30.0 Å². The van der Waals surface area contributed by atoms with E-state index in [0.717, 1.165) is 0 Å². The predicted octanol–water partition coefficient (Wildman–Crippen LogP) is 4.07. The Balaban J connectivity index is 2.05. The quantitative estimate of drug-likeness (QED) is 0.427. The van der Waals surface area contributed by atoms with Crippen LogP contribution < -0.4 is 5.43 Å². The van der Waals surface area contributed by atoms with Crippen LogP contribution in [-0.4, -0.2) is 14.8 Å². The summed E-state index contributed by atoms with van der Waals surface area (Å²) in [5, 5.41) is 29.5. The smallest absolute Gasteiger partial charge is 0.270 e. The highest BCUT2D eigenvalue weighted by Crippen LogP contribution is 2.24. The third-order valence-corrected chi connectivity index (χ3v) is 3.68. The first kappa shape index (κ1) is 16.9. The number of H-pyrrole nitrogens is 1. The van der Waals surface area contributed by atoms with Gasteiger partial charge in [0.15, 0.2) is 5.69 Å². The van der Waals surface area contributed by atoms with Gasteiger partial charge in [0.05, 0.1) is 26.4 Å². The van der Waals surface area contributed by atoms with Crippen molar-refractivity contribution in [2.24, 2.45) is 10.2 Å². The van der Waals surface area contributed by atoms with Crippen LogP contribution in [0.1, 0.15) is 5.69 Å². The zero-order valence-electron chi connectivity index (χ0n) is 13.4. The number of hydrogen-bond donors (Lipinski definition) is 1. The molecule has 0 fully saturated rings. The SMILES string of the molecule is Cc1[nH]c2ccc([N+](=O)[O-])cc2c(=O)c1N=Nc1ccc([N+](=O)[O-])cc1. The molecule has 130 valence electrons. The number of azo groups is 1. The first-order valence-corrected chi connectivity index (χ1v) is 7.34. The third kappa shape index (κ3) is 3.15. The second kappa shape index (κ2) is 6.51. The van der Waals surface area contributed by atoms with Crippen LogP contribution >= 0.6 is 0 Å². The van der Waals surface area contributed by atoms with Crippen LogP contribution in [0.25, 0.3) is 10.9 Å². The molecule has 0 unspecified atom stereocenters. The van der Waals surface area contributed by atoms with Gasteiger partial charge in [0.1, 0.15) is 0 Å². The molecule has 0 radical (unpaired) electrons. The molecule has 10 heteroatoms. The normalized spacial score (nSPS) is 11.1. The van der Waals surface area contributed by atoms with Crippen LogP contribution in [0.5, 0.6) is 0 Å². The van der Waals surface area contributed by atoms with Crippen molar-refractivity contribution in [3.05, 3.63) is 78.6 Å². The molecule has 1 aromatic heterocycles. The number of non-ortho nitro benzene ring substituents is 2. The second-order valence-corrected chi connectivity index (χ2v) is 5.39. The number of nitro groups is 2. The van der Waals surface area contributed by atoms with Crippen molar-refractivity contribution < 1.29 is 9.85 Å². The van der Waals surface area contributed by atoms with Gasteiger partial charge >= 0.3 is 0 Å². The van der Waals surface area contributed by atoms with Gasteiger partial charge in [0.25, 0.3) is 11.4 Å². The number of aromatic amines is 1. The largest absolute Gasteiger partial charge is 0.357 e. The fourth-order valence-electron chi connectivity index (χ4n) is 2.37. The van der Waals surface area contributed by atoms with E-state index in [1.807, 2.05) is 0 Å². The molecule has 0 atom stereocenters. The van der Waals surface area contributed by atoms with Crippen molar-refractivity contribution in [1.29, 1.82) is 0 Å². The van der Waals surface area contributed by atoms with E-state index in [4.69, 9.17) is 0 Å². The fraction of sp³-hybridized carbons (Fsp3) is 0.0625. The van der Waals surface area contributed by atoms with E-state index in [2.05, 4.69) is 15.2 Å². The van der Waals surface area contributed by atoms with Gasteiger partial charge in [-0.2, -0.15) is 5.11 Å². The van der Waals surface area contributed by atoms with E-state index >= 15 is 0 Å². The van der Waals surface area contributed by atoms with Crippen molar-refractivity contribution in [3.8, 4) is 0 Å². The summed E-state index contributed by atoms with van der Waals surface area (Å²) in [7, 11) is 0. The Kier molecular flexibility index (Phi) is 4.23. The second-order valence-electron chi connectivity index (χ2n) is 5.39. The van der Waals surface area contributed by atoms with E-state index in [9.17, 15) is 25.0 Å². The lowest BCUT2D eigenvalue weighted by Gasteiger charge is -2.03. The highest BCUT2D eigenvalue weighted by atomic mass is 16.6. The fourth-order valence-corrected chi connectivity index (χ4v) is 2.37. The molecule has 2 aromatic carbocycles. The average Bonchev–Trinajstić information content (AvgIpc) is 2.61. The van der Waals surface area contributed by atoms with Gasteiger partial charge in [-0.05, 0) is 25.1 Å². The molecule has 3 aromatic rings. The zero-order valence-corrected chi connectivity index (χ0v) is 13.4. The summed E-state index contributed by atoms with van der Waals surface area (Å²) in [6, 6.07) is 9.28. The summed E-state index contributed by atoms with van der Waals surface area (Å²) in [6.07, 6.45) is 0. The summed E-state index contributed by atoms with van der Waals surface area (Å²) in [6.45, 7) is 1.63. The number of nitrogens with one attached hydrogen (secondary N) is 1. The molecule has 0 saturated heterocycles. The topological polar surface area (TPSA) is 144 Å². The Morgan fingerprint density at radius 2 is 1.54 bits per heavy atom. The lowest BCUT2D eigenvalue weighted by molar-refractivity contribution is -0.385. The first-order valence-electron chi connectivity index (χ1n) is 7.34. The van der Waals surface area contributed by atoms with Crippen molar-refractivity contribution in [2.75, 3.05) is 0 Å². The molecule has 3 rings (SSSR count). The number of aryl methyl sites for hydroxylation is 1. The highest BCUT2D eigenvalue weighted by Gasteiger charge is 2.13. The van der Waals surface area contributed by atoms with Gasteiger partial charge in [-0.1, -0.05) is 0 Å². The molecule has 0 aliphatic heterocycles. The minimum atomic E-state index is -0.587.